The third-order valence-corrected chi connectivity index (χ3v) is 3.35. The van der Waals surface area contributed by atoms with Gasteiger partial charge in [-0.15, -0.1) is 0 Å². The van der Waals surface area contributed by atoms with Crippen molar-refractivity contribution in [1.29, 1.82) is 0 Å². The molecule has 0 unspecified atom stereocenters. The highest BCUT2D eigenvalue weighted by Crippen LogP contribution is 2.14. The van der Waals surface area contributed by atoms with Gasteiger partial charge < -0.3 is 9.47 Å². The Labute approximate surface area is 132 Å². The van der Waals surface area contributed by atoms with Crippen LogP contribution < -0.4 is 9.47 Å². The molecule has 0 aliphatic carbocycles. The van der Waals surface area contributed by atoms with Crippen LogP contribution in [-0.4, -0.2) is 14.2 Å². The van der Waals surface area contributed by atoms with Crippen molar-refractivity contribution >= 4 is 12.2 Å². The first kappa shape index (κ1) is 15.9. The van der Waals surface area contributed by atoms with Gasteiger partial charge in [0.2, 0.25) is 0 Å². The van der Waals surface area contributed by atoms with E-state index >= 15 is 0 Å². The molecular weight excluding hydrogens is 272 g/mol. The number of methoxy groups -OCH3 is 2. The second-order valence-corrected chi connectivity index (χ2v) is 4.93. The normalized spacial score (nSPS) is 11.2. The van der Waals surface area contributed by atoms with E-state index in [2.05, 4.69) is 48.6 Å². The van der Waals surface area contributed by atoms with Gasteiger partial charge in [-0.25, -0.2) is 0 Å². The van der Waals surface area contributed by atoms with Crippen LogP contribution in [0.5, 0.6) is 11.5 Å². The van der Waals surface area contributed by atoms with Crippen molar-refractivity contribution in [3.8, 4) is 11.5 Å². The fraction of sp³-hybridized carbons (Fsp3) is 0.200. The molecule has 0 saturated heterocycles. The Morgan fingerprint density at radius 2 is 1.00 bits per heavy atom. The topological polar surface area (TPSA) is 18.5 Å². The monoisotopic (exact) mass is 294 g/mol. The summed E-state index contributed by atoms with van der Waals surface area (Å²) in [6.45, 7) is 0. The number of benzene rings is 2. The minimum absolute atomic E-state index is 0.888. The van der Waals surface area contributed by atoms with Crippen LogP contribution in [0.4, 0.5) is 0 Å². The van der Waals surface area contributed by atoms with Gasteiger partial charge in [-0.3, -0.25) is 0 Å². The maximum Gasteiger partial charge on any atom is 0.118 e. The zero-order valence-electron chi connectivity index (χ0n) is 13.2. The predicted molar refractivity (Wildman–Crippen MR) is 93.3 cm³/mol. The van der Waals surface area contributed by atoms with Crippen LogP contribution in [0, 0.1) is 0 Å². The Morgan fingerprint density at radius 3 is 1.32 bits per heavy atom. The van der Waals surface area contributed by atoms with Crippen LogP contribution in [0.1, 0.15) is 24.0 Å². The number of ether oxygens (including phenoxy) is 2. The third kappa shape index (κ3) is 5.13. The second-order valence-electron chi connectivity index (χ2n) is 4.93. The van der Waals surface area contributed by atoms with E-state index in [0.717, 1.165) is 24.3 Å². The van der Waals surface area contributed by atoms with Crippen molar-refractivity contribution in [2.75, 3.05) is 14.2 Å². The summed E-state index contributed by atoms with van der Waals surface area (Å²) in [4.78, 5) is 0. The van der Waals surface area contributed by atoms with E-state index in [1.807, 2.05) is 24.3 Å². The van der Waals surface area contributed by atoms with Crippen molar-refractivity contribution < 1.29 is 9.47 Å². The van der Waals surface area contributed by atoms with Crippen LogP contribution in [0.15, 0.2) is 60.7 Å². The quantitative estimate of drug-likeness (QED) is 0.653. The molecule has 114 valence electrons. The molecule has 0 spiro atoms. The molecule has 2 aromatic carbocycles. The van der Waals surface area contributed by atoms with Crippen LogP contribution in [0.25, 0.3) is 12.2 Å². The average Bonchev–Trinajstić information content (AvgIpc) is 2.59. The van der Waals surface area contributed by atoms with E-state index in [1.54, 1.807) is 14.2 Å². The van der Waals surface area contributed by atoms with Gasteiger partial charge >= 0.3 is 0 Å². The lowest BCUT2D eigenvalue weighted by Crippen LogP contribution is -1.81. The molecule has 0 aliphatic rings. The zero-order chi connectivity index (χ0) is 15.6. The van der Waals surface area contributed by atoms with Crippen LogP contribution >= 0.6 is 0 Å². The molecule has 22 heavy (non-hydrogen) atoms. The molecule has 0 radical (unpaired) electrons. The molecule has 2 heteroatoms. The summed E-state index contributed by atoms with van der Waals surface area (Å²) in [5.74, 6) is 1.78. The highest BCUT2D eigenvalue weighted by molar-refractivity contribution is 5.52. The Hall–Kier alpha value is -2.48. The molecule has 0 saturated carbocycles. The van der Waals surface area contributed by atoms with Gasteiger partial charge in [0, 0.05) is 0 Å². The second kappa shape index (κ2) is 8.73. The van der Waals surface area contributed by atoms with E-state index in [0.29, 0.717) is 0 Å². The third-order valence-electron chi connectivity index (χ3n) is 3.35. The Morgan fingerprint density at radius 1 is 0.636 bits per heavy atom. The van der Waals surface area contributed by atoms with Gasteiger partial charge in [0.25, 0.3) is 0 Å². The minimum Gasteiger partial charge on any atom is -0.497 e. The molecule has 0 aromatic heterocycles. The number of rotatable bonds is 7. The van der Waals surface area contributed by atoms with Crippen LogP contribution in [-0.2, 0) is 0 Å². The van der Waals surface area contributed by atoms with E-state index in [4.69, 9.17) is 9.47 Å². The van der Waals surface area contributed by atoms with Crippen molar-refractivity contribution in [2.45, 2.75) is 12.8 Å². The SMILES string of the molecule is COc1ccc(C=CCCC=Cc2ccc(OC)cc2)cc1. The molecule has 0 bridgehead atoms. The molecule has 0 heterocycles. The summed E-state index contributed by atoms with van der Waals surface area (Å²) in [7, 11) is 3.36. The lowest BCUT2D eigenvalue weighted by molar-refractivity contribution is 0.414. The molecule has 2 rings (SSSR count). The minimum atomic E-state index is 0.888. The highest BCUT2D eigenvalue weighted by Gasteiger charge is 1.90. The number of hydrogen-bond donors (Lipinski definition) is 0. The summed E-state index contributed by atoms with van der Waals surface area (Å²) in [5, 5.41) is 0. The average molecular weight is 294 g/mol. The molecule has 0 amide bonds. The summed E-state index contributed by atoms with van der Waals surface area (Å²) in [6.07, 6.45) is 10.7. The Kier molecular flexibility index (Phi) is 6.31. The first-order valence-corrected chi connectivity index (χ1v) is 7.43. The van der Waals surface area contributed by atoms with Gasteiger partial charge in [0.05, 0.1) is 14.2 Å². The van der Waals surface area contributed by atoms with Gasteiger partial charge in [0.15, 0.2) is 0 Å². The maximum absolute atomic E-state index is 5.14. The predicted octanol–water partition coefficient (Wildman–Crippen LogP) is 5.21. The summed E-state index contributed by atoms with van der Waals surface area (Å²) >= 11 is 0. The number of unbranched alkanes of at least 4 members (excludes halogenated alkanes) is 1. The van der Waals surface area contributed by atoms with Crippen molar-refractivity contribution in [1.82, 2.24) is 0 Å². The smallest absolute Gasteiger partial charge is 0.118 e. The molecular formula is C20H22O2. The Bertz CT molecular complexity index is 550. The van der Waals surface area contributed by atoms with E-state index in [-0.39, 0.29) is 0 Å². The molecule has 2 aromatic rings. The first-order valence-electron chi connectivity index (χ1n) is 7.43. The molecule has 2 nitrogen and oxygen atoms in total. The van der Waals surface area contributed by atoms with Crippen LogP contribution in [0.3, 0.4) is 0 Å². The van der Waals surface area contributed by atoms with Crippen molar-refractivity contribution in [3.63, 3.8) is 0 Å². The summed E-state index contributed by atoms with van der Waals surface area (Å²) in [5.41, 5.74) is 2.39. The number of hydrogen-bond acceptors (Lipinski definition) is 2. The van der Waals surface area contributed by atoms with Crippen molar-refractivity contribution in [2.24, 2.45) is 0 Å². The summed E-state index contributed by atoms with van der Waals surface area (Å²) in [6, 6.07) is 16.1. The fourth-order valence-electron chi connectivity index (χ4n) is 2.06. The highest BCUT2D eigenvalue weighted by atomic mass is 16.5. The molecule has 0 aliphatic heterocycles. The van der Waals surface area contributed by atoms with Crippen molar-refractivity contribution in [3.05, 3.63) is 71.8 Å². The maximum atomic E-state index is 5.14. The largest absolute Gasteiger partial charge is 0.497 e. The lowest BCUT2D eigenvalue weighted by atomic mass is 10.1. The van der Waals surface area contributed by atoms with Gasteiger partial charge in [-0.05, 0) is 48.2 Å². The Balaban J connectivity index is 1.75. The number of allylic oxidation sites excluding steroid dienone is 2. The van der Waals surface area contributed by atoms with E-state index in [9.17, 15) is 0 Å². The fourth-order valence-corrected chi connectivity index (χ4v) is 2.06. The summed E-state index contributed by atoms with van der Waals surface area (Å²) < 4.78 is 10.3. The van der Waals surface area contributed by atoms with E-state index < -0.39 is 0 Å². The standard InChI is InChI=1S/C20H22O2/c1-21-19-13-9-17(10-14-19)7-5-3-4-6-8-18-11-15-20(22-2)16-12-18/h5-16H,3-4H2,1-2H3. The van der Waals surface area contributed by atoms with Gasteiger partial charge in [0.1, 0.15) is 11.5 Å². The first-order chi connectivity index (χ1) is 10.8. The van der Waals surface area contributed by atoms with E-state index in [1.165, 1.54) is 11.1 Å². The molecule has 0 N–H and O–H groups in total. The lowest BCUT2D eigenvalue weighted by Gasteiger charge is -1.99. The van der Waals surface area contributed by atoms with Gasteiger partial charge in [-0.1, -0.05) is 48.6 Å². The molecule has 0 atom stereocenters. The van der Waals surface area contributed by atoms with Crippen LogP contribution in [0.2, 0.25) is 0 Å². The zero-order valence-corrected chi connectivity index (χ0v) is 13.2. The van der Waals surface area contributed by atoms with Gasteiger partial charge in [-0.2, -0.15) is 0 Å². The molecule has 0 fully saturated rings.